The highest BCUT2D eigenvalue weighted by atomic mass is 79.9. The van der Waals surface area contributed by atoms with Gasteiger partial charge < -0.3 is 10.1 Å². The van der Waals surface area contributed by atoms with Crippen molar-refractivity contribution >= 4 is 31.5 Å². The second kappa shape index (κ2) is 5.48. The van der Waals surface area contributed by atoms with Crippen LogP contribution in [-0.2, 0) is 9.84 Å². The number of rotatable bonds is 3. The van der Waals surface area contributed by atoms with Crippen molar-refractivity contribution in [3.8, 4) is 5.75 Å². The van der Waals surface area contributed by atoms with Crippen molar-refractivity contribution in [3.05, 3.63) is 22.7 Å². The molecule has 1 heterocycles. The monoisotopic (exact) mass is 333 g/mol. The molecule has 2 rings (SSSR count). The standard InChI is InChI=1S/C12H16BrNO3S/c1-17-12-7-9(13)6-11(8-12)14-10-2-4-18(15,16)5-3-10/h6-8,10,14H,2-5H2,1H3. The SMILES string of the molecule is COc1cc(Br)cc(NC2CCS(=O)(=O)CC2)c1. The summed E-state index contributed by atoms with van der Waals surface area (Å²) in [5, 5.41) is 3.36. The quantitative estimate of drug-likeness (QED) is 0.923. The summed E-state index contributed by atoms with van der Waals surface area (Å²) in [6.07, 6.45) is 1.33. The molecule has 0 spiro atoms. The molecule has 100 valence electrons. The van der Waals surface area contributed by atoms with Gasteiger partial charge in [0.25, 0.3) is 0 Å². The van der Waals surface area contributed by atoms with E-state index in [9.17, 15) is 8.42 Å². The van der Waals surface area contributed by atoms with E-state index >= 15 is 0 Å². The van der Waals surface area contributed by atoms with Crippen LogP contribution in [0.15, 0.2) is 22.7 Å². The fraction of sp³-hybridized carbons (Fsp3) is 0.500. The van der Waals surface area contributed by atoms with Gasteiger partial charge in [0.15, 0.2) is 0 Å². The zero-order valence-corrected chi connectivity index (χ0v) is 12.6. The van der Waals surface area contributed by atoms with E-state index in [-0.39, 0.29) is 17.5 Å². The van der Waals surface area contributed by atoms with E-state index in [1.807, 2.05) is 18.2 Å². The smallest absolute Gasteiger partial charge is 0.150 e. The normalized spacial score (nSPS) is 19.4. The third-order valence-electron chi connectivity index (χ3n) is 3.03. The third-order valence-corrected chi connectivity index (χ3v) is 5.21. The minimum absolute atomic E-state index is 0.215. The predicted octanol–water partition coefficient (Wildman–Crippen LogP) is 2.45. The Morgan fingerprint density at radius 2 is 1.94 bits per heavy atom. The fourth-order valence-electron chi connectivity index (χ4n) is 2.03. The lowest BCUT2D eigenvalue weighted by molar-refractivity contribution is 0.414. The lowest BCUT2D eigenvalue weighted by Crippen LogP contribution is -2.32. The molecule has 0 unspecified atom stereocenters. The van der Waals surface area contributed by atoms with Gasteiger partial charge in [-0.25, -0.2) is 8.42 Å². The van der Waals surface area contributed by atoms with Gasteiger partial charge in [-0.3, -0.25) is 0 Å². The molecular formula is C12H16BrNO3S. The van der Waals surface area contributed by atoms with Crippen LogP contribution in [0.5, 0.6) is 5.75 Å². The molecule has 0 bridgehead atoms. The third kappa shape index (κ3) is 3.62. The van der Waals surface area contributed by atoms with Crippen molar-refractivity contribution in [3.63, 3.8) is 0 Å². The first kappa shape index (κ1) is 13.7. The van der Waals surface area contributed by atoms with Crippen LogP contribution >= 0.6 is 15.9 Å². The number of anilines is 1. The average Bonchev–Trinajstić information content (AvgIpc) is 2.31. The minimum atomic E-state index is -2.80. The number of methoxy groups -OCH3 is 1. The van der Waals surface area contributed by atoms with Crippen molar-refractivity contribution in [2.45, 2.75) is 18.9 Å². The molecule has 0 atom stereocenters. The van der Waals surface area contributed by atoms with Gasteiger partial charge in [0.05, 0.1) is 18.6 Å². The zero-order valence-electron chi connectivity index (χ0n) is 10.1. The maximum Gasteiger partial charge on any atom is 0.150 e. The van der Waals surface area contributed by atoms with E-state index in [0.29, 0.717) is 12.8 Å². The number of halogens is 1. The Labute approximate surface area is 116 Å². The molecule has 0 aromatic heterocycles. The molecule has 0 saturated carbocycles. The summed E-state index contributed by atoms with van der Waals surface area (Å²) in [5.74, 6) is 1.32. The average molecular weight is 334 g/mol. The van der Waals surface area contributed by atoms with Crippen molar-refractivity contribution in [1.82, 2.24) is 0 Å². The molecule has 1 fully saturated rings. The lowest BCUT2D eigenvalue weighted by Gasteiger charge is -2.24. The van der Waals surface area contributed by atoms with Gasteiger partial charge in [-0.15, -0.1) is 0 Å². The van der Waals surface area contributed by atoms with Crippen LogP contribution in [0.1, 0.15) is 12.8 Å². The molecule has 1 aromatic carbocycles. The van der Waals surface area contributed by atoms with Crippen LogP contribution in [0.4, 0.5) is 5.69 Å². The molecule has 18 heavy (non-hydrogen) atoms. The molecule has 1 saturated heterocycles. The van der Waals surface area contributed by atoms with Gasteiger partial charge in [-0.1, -0.05) is 15.9 Å². The topological polar surface area (TPSA) is 55.4 Å². The Morgan fingerprint density at radius 3 is 2.56 bits per heavy atom. The van der Waals surface area contributed by atoms with Crippen molar-refractivity contribution in [1.29, 1.82) is 0 Å². The van der Waals surface area contributed by atoms with Crippen LogP contribution in [-0.4, -0.2) is 33.1 Å². The molecule has 0 aliphatic carbocycles. The molecule has 6 heteroatoms. The predicted molar refractivity (Wildman–Crippen MR) is 76.0 cm³/mol. The fourth-order valence-corrected chi connectivity index (χ4v) is 4.00. The van der Waals surface area contributed by atoms with E-state index in [4.69, 9.17) is 4.74 Å². The number of sulfone groups is 1. The second-order valence-corrected chi connectivity index (χ2v) is 7.67. The number of nitrogens with one attached hydrogen (secondary N) is 1. The van der Waals surface area contributed by atoms with E-state index in [1.54, 1.807) is 7.11 Å². The largest absolute Gasteiger partial charge is 0.497 e. The first-order valence-corrected chi connectivity index (χ1v) is 8.41. The summed E-state index contributed by atoms with van der Waals surface area (Å²) < 4.78 is 28.8. The molecule has 1 N–H and O–H groups in total. The Morgan fingerprint density at radius 1 is 1.28 bits per heavy atom. The second-order valence-electron chi connectivity index (χ2n) is 4.45. The first-order valence-electron chi connectivity index (χ1n) is 5.80. The van der Waals surface area contributed by atoms with E-state index in [0.717, 1.165) is 15.9 Å². The van der Waals surface area contributed by atoms with Crippen LogP contribution < -0.4 is 10.1 Å². The van der Waals surface area contributed by atoms with E-state index < -0.39 is 9.84 Å². The summed E-state index contributed by atoms with van der Waals surface area (Å²) in [7, 11) is -1.18. The summed E-state index contributed by atoms with van der Waals surface area (Å²) in [6.45, 7) is 0. The summed E-state index contributed by atoms with van der Waals surface area (Å²) >= 11 is 3.42. The summed E-state index contributed by atoms with van der Waals surface area (Å²) in [4.78, 5) is 0. The molecule has 0 radical (unpaired) electrons. The van der Waals surface area contributed by atoms with Gasteiger partial charge >= 0.3 is 0 Å². The number of ether oxygens (including phenoxy) is 1. The van der Waals surface area contributed by atoms with Crippen molar-refractivity contribution in [2.75, 3.05) is 23.9 Å². The molecular weight excluding hydrogens is 318 g/mol. The maximum atomic E-state index is 11.3. The van der Waals surface area contributed by atoms with Crippen LogP contribution in [0.3, 0.4) is 0 Å². The van der Waals surface area contributed by atoms with E-state index in [1.165, 1.54) is 0 Å². The van der Waals surface area contributed by atoms with Crippen molar-refractivity contribution < 1.29 is 13.2 Å². The van der Waals surface area contributed by atoms with Crippen LogP contribution in [0.2, 0.25) is 0 Å². The van der Waals surface area contributed by atoms with Crippen LogP contribution in [0, 0.1) is 0 Å². The van der Waals surface area contributed by atoms with Gasteiger partial charge in [0, 0.05) is 22.3 Å². The molecule has 1 aliphatic rings. The maximum absolute atomic E-state index is 11.3. The Balaban J connectivity index is 2.04. The molecule has 4 nitrogen and oxygen atoms in total. The number of hydrogen-bond acceptors (Lipinski definition) is 4. The molecule has 1 aliphatic heterocycles. The lowest BCUT2D eigenvalue weighted by atomic mass is 10.1. The highest BCUT2D eigenvalue weighted by Gasteiger charge is 2.23. The van der Waals surface area contributed by atoms with Gasteiger partial charge in [-0.05, 0) is 25.0 Å². The Kier molecular flexibility index (Phi) is 4.17. The minimum Gasteiger partial charge on any atom is -0.497 e. The molecule has 0 amide bonds. The van der Waals surface area contributed by atoms with Crippen molar-refractivity contribution in [2.24, 2.45) is 0 Å². The first-order chi connectivity index (χ1) is 8.48. The highest BCUT2D eigenvalue weighted by molar-refractivity contribution is 9.10. The number of benzene rings is 1. The van der Waals surface area contributed by atoms with E-state index in [2.05, 4.69) is 21.2 Å². The summed E-state index contributed by atoms with van der Waals surface area (Å²) in [6, 6.07) is 5.98. The van der Waals surface area contributed by atoms with Gasteiger partial charge in [0.2, 0.25) is 0 Å². The highest BCUT2D eigenvalue weighted by Crippen LogP contribution is 2.26. The Bertz CT molecular complexity index is 516. The Hall–Kier alpha value is -0.750. The van der Waals surface area contributed by atoms with Gasteiger partial charge in [0.1, 0.15) is 15.6 Å². The summed E-state index contributed by atoms with van der Waals surface area (Å²) in [5.41, 5.74) is 0.950. The van der Waals surface area contributed by atoms with Crippen LogP contribution in [0.25, 0.3) is 0 Å². The van der Waals surface area contributed by atoms with Gasteiger partial charge in [-0.2, -0.15) is 0 Å². The molecule has 1 aromatic rings. The number of hydrogen-bond donors (Lipinski definition) is 1. The zero-order chi connectivity index (χ0) is 13.2.